The molecule has 0 radical (unpaired) electrons. The first-order valence-corrected chi connectivity index (χ1v) is 7.71. The molecule has 0 bridgehead atoms. The zero-order valence-corrected chi connectivity index (χ0v) is 12.8. The van der Waals surface area contributed by atoms with Gasteiger partial charge in [-0.3, -0.25) is 0 Å². The van der Waals surface area contributed by atoms with Crippen LogP contribution in [0, 0.1) is 0 Å². The van der Waals surface area contributed by atoms with Crippen molar-refractivity contribution in [2.45, 2.75) is 45.4 Å². The summed E-state index contributed by atoms with van der Waals surface area (Å²) in [6.45, 7) is 9.15. The summed E-state index contributed by atoms with van der Waals surface area (Å²) < 4.78 is 0. The molecule has 0 unspecified atom stereocenters. The van der Waals surface area contributed by atoms with Gasteiger partial charge >= 0.3 is 0 Å². The van der Waals surface area contributed by atoms with E-state index < -0.39 is 0 Å². The number of hydrogen-bond donors (Lipinski definition) is 0. The van der Waals surface area contributed by atoms with E-state index in [4.69, 9.17) is 4.98 Å². The maximum atomic E-state index is 4.99. The van der Waals surface area contributed by atoms with E-state index in [1.54, 1.807) is 0 Å². The molecular formula is C18H24N2. The summed E-state index contributed by atoms with van der Waals surface area (Å²) >= 11 is 0. The van der Waals surface area contributed by atoms with Gasteiger partial charge in [-0.15, -0.1) is 0 Å². The molecule has 2 nitrogen and oxygen atoms in total. The molecule has 0 aliphatic carbocycles. The number of piperidine rings is 1. The highest BCUT2D eigenvalue weighted by molar-refractivity contribution is 5.82. The highest BCUT2D eigenvalue weighted by atomic mass is 15.2. The Bertz CT molecular complexity index is 604. The van der Waals surface area contributed by atoms with Gasteiger partial charge in [-0.25, -0.2) is 4.98 Å². The van der Waals surface area contributed by atoms with Gasteiger partial charge in [0, 0.05) is 24.0 Å². The quantitative estimate of drug-likeness (QED) is 0.755. The van der Waals surface area contributed by atoms with E-state index in [0.29, 0.717) is 0 Å². The standard InChI is InChI=1S/C18H24N2/c1-18(2,3)15-13-14-9-5-6-10-16(14)19-17(15)20-11-7-4-8-12-20/h5-6,9-10,13H,4,7-8,11-12H2,1-3H3. The summed E-state index contributed by atoms with van der Waals surface area (Å²) in [5.41, 5.74) is 2.61. The van der Waals surface area contributed by atoms with E-state index in [0.717, 1.165) is 18.6 Å². The number of benzene rings is 1. The average molecular weight is 268 g/mol. The van der Waals surface area contributed by atoms with Crippen LogP contribution >= 0.6 is 0 Å². The Hall–Kier alpha value is -1.57. The third kappa shape index (κ3) is 2.52. The Kier molecular flexibility index (Phi) is 3.41. The number of rotatable bonds is 1. The van der Waals surface area contributed by atoms with Gasteiger partial charge in [-0.1, -0.05) is 39.0 Å². The molecule has 1 aliphatic rings. The van der Waals surface area contributed by atoms with Gasteiger partial charge in [0.2, 0.25) is 0 Å². The number of hydrogen-bond acceptors (Lipinski definition) is 2. The number of para-hydroxylation sites is 1. The summed E-state index contributed by atoms with van der Waals surface area (Å²) in [6.07, 6.45) is 3.94. The molecule has 0 N–H and O–H groups in total. The molecule has 106 valence electrons. The fourth-order valence-electron chi connectivity index (χ4n) is 3.00. The van der Waals surface area contributed by atoms with Crippen LogP contribution in [-0.2, 0) is 5.41 Å². The highest BCUT2D eigenvalue weighted by Gasteiger charge is 2.24. The van der Waals surface area contributed by atoms with Crippen LogP contribution < -0.4 is 4.90 Å². The molecule has 1 aromatic heterocycles. The first-order chi connectivity index (χ1) is 9.55. The lowest BCUT2D eigenvalue weighted by Crippen LogP contribution is -2.32. The third-order valence-corrected chi connectivity index (χ3v) is 4.17. The van der Waals surface area contributed by atoms with Gasteiger partial charge in [-0.05, 0) is 36.8 Å². The molecule has 1 aliphatic heterocycles. The number of nitrogens with zero attached hydrogens (tertiary/aromatic N) is 2. The van der Waals surface area contributed by atoms with Gasteiger partial charge < -0.3 is 4.90 Å². The zero-order chi connectivity index (χ0) is 14.2. The van der Waals surface area contributed by atoms with Crippen molar-refractivity contribution in [3.05, 3.63) is 35.9 Å². The first kappa shape index (κ1) is 13.4. The van der Waals surface area contributed by atoms with Gasteiger partial charge in [0.05, 0.1) is 5.52 Å². The van der Waals surface area contributed by atoms with Crippen molar-refractivity contribution in [1.29, 1.82) is 0 Å². The average Bonchev–Trinajstić information content (AvgIpc) is 2.46. The number of fused-ring (bicyclic) bond motifs is 1. The lowest BCUT2D eigenvalue weighted by atomic mass is 9.86. The van der Waals surface area contributed by atoms with Crippen molar-refractivity contribution in [2.75, 3.05) is 18.0 Å². The monoisotopic (exact) mass is 268 g/mol. The van der Waals surface area contributed by atoms with Crippen LogP contribution in [0.4, 0.5) is 5.82 Å². The number of pyridine rings is 1. The van der Waals surface area contributed by atoms with Crippen molar-refractivity contribution in [3.63, 3.8) is 0 Å². The highest BCUT2D eigenvalue weighted by Crippen LogP contribution is 2.34. The molecule has 1 aromatic carbocycles. The maximum Gasteiger partial charge on any atom is 0.133 e. The van der Waals surface area contributed by atoms with Crippen molar-refractivity contribution >= 4 is 16.7 Å². The van der Waals surface area contributed by atoms with Crippen LogP contribution in [0.15, 0.2) is 30.3 Å². The van der Waals surface area contributed by atoms with E-state index >= 15 is 0 Å². The normalized spacial score (nSPS) is 16.6. The molecule has 3 rings (SSSR count). The van der Waals surface area contributed by atoms with Gasteiger partial charge in [-0.2, -0.15) is 0 Å². The molecule has 0 spiro atoms. The SMILES string of the molecule is CC(C)(C)c1cc2ccccc2nc1N1CCCCC1. The minimum absolute atomic E-state index is 0.129. The Morgan fingerprint density at radius 1 is 1.00 bits per heavy atom. The van der Waals surface area contributed by atoms with E-state index in [9.17, 15) is 0 Å². The lowest BCUT2D eigenvalue weighted by Gasteiger charge is -2.33. The Morgan fingerprint density at radius 3 is 2.40 bits per heavy atom. The summed E-state index contributed by atoms with van der Waals surface area (Å²) in [5.74, 6) is 1.20. The third-order valence-electron chi connectivity index (χ3n) is 4.17. The molecule has 20 heavy (non-hydrogen) atoms. The van der Waals surface area contributed by atoms with Gasteiger partial charge in [0.25, 0.3) is 0 Å². The van der Waals surface area contributed by atoms with Crippen molar-refractivity contribution in [3.8, 4) is 0 Å². The van der Waals surface area contributed by atoms with Crippen molar-refractivity contribution in [1.82, 2.24) is 4.98 Å². The summed E-state index contributed by atoms with van der Waals surface area (Å²) in [5, 5.41) is 1.25. The Labute approximate surface area is 121 Å². The zero-order valence-electron chi connectivity index (χ0n) is 12.8. The lowest BCUT2D eigenvalue weighted by molar-refractivity contribution is 0.551. The molecule has 1 fully saturated rings. The van der Waals surface area contributed by atoms with Crippen LogP contribution in [-0.4, -0.2) is 18.1 Å². The molecule has 2 aromatic rings. The second kappa shape index (κ2) is 5.08. The van der Waals surface area contributed by atoms with Gasteiger partial charge in [0.1, 0.15) is 5.82 Å². The second-order valence-electron chi connectivity index (χ2n) is 6.85. The van der Waals surface area contributed by atoms with E-state index in [1.807, 2.05) is 0 Å². The summed E-state index contributed by atoms with van der Waals surface area (Å²) in [4.78, 5) is 7.47. The van der Waals surface area contributed by atoms with Crippen LogP contribution in [0.1, 0.15) is 45.6 Å². The van der Waals surface area contributed by atoms with E-state index in [1.165, 1.54) is 36.0 Å². The molecule has 2 heterocycles. The molecule has 0 saturated carbocycles. The fraction of sp³-hybridized carbons (Fsp3) is 0.500. The number of anilines is 1. The van der Waals surface area contributed by atoms with Crippen LogP contribution in [0.5, 0.6) is 0 Å². The van der Waals surface area contributed by atoms with E-state index in [2.05, 4.69) is 56.0 Å². The topological polar surface area (TPSA) is 16.1 Å². The first-order valence-electron chi connectivity index (χ1n) is 7.71. The summed E-state index contributed by atoms with van der Waals surface area (Å²) in [7, 11) is 0. The Morgan fingerprint density at radius 2 is 1.70 bits per heavy atom. The minimum Gasteiger partial charge on any atom is -0.356 e. The van der Waals surface area contributed by atoms with Crippen LogP contribution in [0.2, 0.25) is 0 Å². The van der Waals surface area contributed by atoms with E-state index in [-0.39, 0.29) is 5.41 Å². The molecule has 1 saturated heterocycles. The Balaban J connectivity index is 2.16. The van der Waals surface area contributed by atoms with Crippen LogP contribution in [0.3, 0.4) is 0 Å². The maximum absolute atomic E-state index is 4.99. The minimum atomic E-state index is 0.129. The molecular weight excluding hydrogens is 244 g/mol. The largest absolute Gasteiger partial charge is 0.356 e. The van der Waals surface area contributed by atoms with Gasteiger partial charge in [0.15, 0.2) is 0 Å². The van der Waals surface area contributed by atoms with Crippen molar-refractivity contribution in [2.24, 2.45) is 0 Å². The predicted octanol–water partition coefficient (Wildman–Crippen LogP) is 4.52. The van der Waals surface area contributed by atoms with Crippen LogP contribution in [0.25, 0.3) is 10.9 Å². The second-order valence-corrected chi connectivity index (χ2v) is 6.85. The number of aromatic nitrogens is 1. The summed E-state index contributed by atoms with van der Waals surface area (Å²) in [6, 6.07) is 10.8. The van der Waals surface area contributed by atoms with Crippen molar-refractivity contribution < 1.29 is 0 Å². The predicted molar refractivity (Wildman–Crippen MR) is 86.5 cm³/mol. The fourth-order valence-corrected chi connectivity index (χ4v) is 3.00. The molecule has 2 heteroatoms. The molecule has 0 amide bonds. The smallest absolute Gasteiger partial charge is 0.133 e. The molecule has 0 atom stereocenters.